The van der Waals surface area contributed by atoms with E-state index in [9.17, 15) is 19.6 Å². The lowest BCUT2D eigenvalue weighted by Gasteiger charge is -2.36. The summed E-state index contributed by atoms with van der Waals surface area (Å²) < 4.78 is 0. The summed E-state index contributed by atoms with van der Waals surface area (Å²) in [5.74, 6) is -0.347. The standard InChI is InChI=1S/C22H22N6O3/c1-22(2,3)25-20(30)26-11-13-9-16(26)18-19(29)28(21(31)27(13)18)15-7-6-12(10-23)17-14(15)5-4-8-24-17/h4-8,13,16,18H,9,11H2,1-3H3,(H,25,30)/t13-,16-,18-/m0/s1. The lowest BCUT2D eigenvalue weighted by Crippen LogP contribution is -2.59. The Balaban J connectivity index is 1.51. The first-order valence-corrected chi connectivity index (χ1v) is 10.2. The number of fused-ring (bicyclic) bond motifs is 6. The number of urea groups is 2. The fourth-order valence-electron chi connectivity index (χ4n) is 4.95. The first-order chi connectivity index (χ1) is 14.7. The molecule has 0 saturated carbocycles. The van der Waals surface area contributed by atoms with Crippen LogP contribution in [0.15, 0.2) is 30.5 Å². The Kier molecular flexibility index (Phi) is 3.99. The van der Waals surface area contributed by atoms with Crippen LogP contribution in [-0.2, 0) is 4.79 Å². The predicted octanol–water partition coefficient (Wildman–Crippen LogP) is 2.21. The van der Waals surface area contributed by atoms with Gasteiger partial charge in [0.25, 0.3) is 5.91 Å². The summed E-state index contributed by atoms with van der Waals surface area (Å²) in [6.07, 6.45) is 2.17. The Morgan fingerprint density at radius 1 is 1.26 bits per heavy atom. The number of amides is 5. The Hall–Kier alpha value is -3.67. The van der Waals surface area contributed by atoms with Crippen LogP contribution < -0.4 is 10.2 Å². The molecule has 1 N–H and O–H groups in total. The lowest BCUT2D eigenvalue weighted by molar-refractivity contribution is -0.121. The molecule has 2 bridgehead atoms. The molecule has 1 aromatic carbocycles. The molecule has 158 valence electrons. The van der Waals surface area contributed by atoms with Crippen molar-refractivity contribution >= 4 is 34.6 Å². The summed E-state index contributed by atoms with van der Waals surface area (Å²) >= 11 is 0. The summed E-state index contributed by atoms with van der Waals surface area (Å²) in [7, 11) is 0. The number of carbonyl (C=O) groups excluding carboxylic acids is 3. The van der Waals surface area contributed by atoms with Gasteiger partial charge in [-0.15, -0.1) is 0 Å². The molecule has 1 aromatic heterocycles. The molecule has 31 heavy (non-hydrogen) atoms. The molecule has 3 aliphatic heterocycles. The van der Waals surface area contributed by atoms with E-state index in [4.69, 9.17) is 0 Å². The van der Waals surface area contributed by atoms with Crippen LogP contribution in [-0.4, -0.2) is 63.0 Å². The van der Waals surface area contributed by atoms with Crippen molar-refractivity contribution in [3.8, 4) is 6.07 Å². The normalized spacial score (nSPS) is 24.7. The zero-order chi connectivity index (χ0) is 22.1. The fourth-order valence-corrected chi connectivity index (χ4v) is 4.95. The lowest BCUT2D eigenvalue weighted by atomic mass is 10.1. The number of hydrogen-bond donors (Lipinski definition) is 1. The third-order valence-electron chi connectivity index (χ3n) is 6.12. The highest BCUT2D eigenvalue weighted by molar-refractivity contribution is 6.25. The second-order valence-electron chi connectivity index (χ2n) is 9.24. The molecule has 0 spiro atoms. The number of nitriles is 1. The van der Waals surface area contributed by atoms with Crippen molar-refractivity contribution in [3.05, 3.63) is 36.0 Å². The van der Waals surface area contributed by atoms with Crippen molar-refractivity contribution in [2.45, 2.75) is 50.9 Å². The van der Waals surface area contributed by atoms with Gasteiger partial charge in [0.2, 0.25) is 0 Å². The molecule has 5 rings (SSSR count). The number of rotatable bonds is 1. The van der Waals surface area contributed by atoms with Crippen LogP contribution in [0, 0.1) is 11.3 Å². The number of anilines is 1. The number of imide groups is 1. The van der Waals surface area contributed by atoms with Gasteiger partial charge in [-0.3, -0.25) is 9.78 Å². The Labute approximate surface area is 179 Å². The smallest absolute Gasteiger partial charge is 0.332 e. The van der Waals surface area contributed by atoms with Gasteiger partial charge < -0.3 is 15.1 Å². The highest BCUT2D eigenvalue weighted by atomic mass is 16.2. The predicted molar refractivity (Wildman–Crippen MR) is 112 cm³/mol. The SMILES string of the molecule is CC(C)(C)NC(=O)N1C[C@@H]2C[C@H]1[C@H]1C(=O)N(c3ccc(C#N)c4ncccc34)C(=O)N21. The molecule has 3 aliphatic rings. The summed E-state index contributed by atoms with van der Waals surface area (Å²) in [4.78, 5) is 48.3. The van der Waals surface area contributed by atoms with E-state index < -0.39 is 11.6 Å². The summed E-state index contributed by atoms with van der Waals surface area (Å²) in [5.41, 5.74) is 0.846. The van der Waals surface area contributed by atoms with Crippen LogP contribution in [0.4, 0.5) is 15.3 Å². The van der Waals surface area contributed by atoms with E-state index in [2.05, 4.69) is 16.4 Å². The zero-order valence-electron chi connectivity index (χ0n) is 17.5. The second kappa shape index (κ2) is 6.41. The maximum Gasteiger partial charge on any atom is 0.332 e. The van der Waals surface area contributed by atoms with Crippen molar-refractivity contribution < 1.29 is 14.4 Å². The van der Waals surface area contributed by atoms with Gasteiger partial charge in [0, 0.05) is 23.7 Å². The van der Waals surface area contributed by atoms with Crippen molar-refractivity contribution in [1.29, 1.82) is 5.26 Å². The second-order valence-corrected chi connectivity index (χ2v) is 9.24. The molecule has 3 saturated heterocycles. The number of benzene rings is 1. The minimum absolute atomic E-state index is 0.190. The first kappa shape index (κ1) is 19.3. The molecule has 0 radical (unpaired) electrons. The highest BCUT2D eigenvalue weighted by Crippen LogP contribution is 2.43. The number of hydrogen-bond acceptors (Lipinski definition) is 5. The molecule has 9 nitrogen and oxygen atoms in total. The number of nitrogens with one attached hydrogen (secondary N) is 1. The van der Waals surface area contributed by atoms with E-state index in [0.29, 0.717) is 35.1 Å². The minimum atomic E-state index is -0.695. The van der Waals surface area contributed by atoms with Gasteiger partial charge in [-0.25, -0.2) is 14.5 Å². The molecular formula is C22H22N6O3. The quantitative estimate of drug-likeness (QED) is 0.714. The Morgan fingerprint density at radius 3 is 2.74 bits per heavy atom. The molecule has 9 heteroatoms. The molecule has 5 amide bonds. The van der Waals surface area contributed by atoms with Gasteiger partial charge in [-0.2, -0.15) is 5.26 Å². The molecule has 2 aromatic rings. The maximum atomic E-state index is 13.5. The van der Waals surface area contributed by atoms with Gasteiger partial charge in [0.1, 0.15) is 12.1 Å². The van der Waals surface area contributed by atoms with Crippen LogP contribution in [0.3, 0.4) is 0 Å². The summed E-state index contributed by atoms with van der Waals surface area (Å²) in [6, 6.07) is 6.92. The van der Waals surface area contributed by atoms with Crippen LogP contribution in [0.5, 0.6) is 0 Å². The van der Waals surface area contributed by atoms with E-state index in [1.165, 1.54) is 4.90 Å². The number of pyridine rings is 1. The van der Waals surface area contributed by atoms with Crippen molar-refractivity contribution in [2.24, 2.45) is 0 Å². The summed E-state index contributed by atoms with van der Waals surface area (Å²) in [5, 5.41) is 12.9. The number of likely N-dealkylation sites (tertiary alicyclic amines) is 1. The van der Waals surface area contributed by atoms with Crippen molar-refractivity contribution in [1.82, 2.24) is 20.1 Å². The third-order valence-corrected chi connectivity index (χ3v) is 6.12. The van der Waals surface area contributed by atoms with Gasteiger partial charge in [-0.05, 0) is 51.5 Å². The molecule has 3 fully saturated rings. The average molecular weight is 418 g/mol. The van der Waals surface area contributed by atoms with Crippen molar-refractivity contribution in [3.63, 3.8) is 0 Å². The van der Waals surface area contributed by atoms with Crippen LogP contribution >= 0.6 is 0 Å². The number of piperazine rings is 1. The van der Waals surface area contributed by atoms with E-state index in [0.717, 1.165) is 0 Å². The number of nitrogens with zero attached hydrogens (tertiary/aromatic N) is 5. The minimum Gasteiger partial charge on any atom is -0.333 e. The van der Waals surface area contributed by atoms with E-state index in [-0.39, 0.29) is 30.1 Å². The van der Waals surface area contributed by atoms with Crippen molar-refractivity contribution in [2.75, 3.05) is 11.4 Å². The third kappa shape index (κ3) is 2.75. The van der Waals surface area contributed by atoms with E-state index in [1.54, 1.807) is 40.3 Å². The maximum absolute atomic E-state index is 13.5. The molecule has 4 heterocycles. The monoisotopic (exact) mass is 418 g/mol. The molecule has 0 aliphatic carbocycles. The fraction of sp³-hybridized carbons (Fsp3) is 0.409. The average Bonchev–Trinajstić information content (AvgIpc) is 3.38. The van der Waals surface area contributed by atoms with Crippen LogP contribution in [0.1, 0.15) is 32.8 Å². The first-order valence-electron chi connectivity index (χ1n) is 10.2. The van der Waals surface area contributed by atoms with Crippen LogP contribution in [0.2, 0.25) is 0 Å². The van der Waals surface area contributed by atoms with Gasteiger partial charge in [0.05, 0.1) is 28.9 Å². The highest BCUT2D eigenvalue weighted by Gasteiger charge is 2.63. The van der Waals surface area contributed by atoms with Gasteiger partial charge in [-0.1, -0.05) is 0 Å². The molecule has 0 unspecified atom stereocenters. The van der Waals surface area contributed by atoms with Gasteiger partial charge >= 0.3 is 12.1 Å². The van der Waals surface area contributed by atoms with E-state index in [1.807, 2.05) is 20.8 Å². The summed E-state index contributed by atoms with van der Waals surface area (Å²) in [6.45, 7) is 6.12. The largest absolute Gasteiger partial charge is 0.333 e. The zero-order valence-corrected chi connectivity index (χ0v) is 17.5. The van der Waals surface area contributed by atoms with Gasteiger partial charge in [0.15, 0.2) is 0 Å². The molecular weight excluding hydrogens is 396 g/mol. The number of carbonyl (C=O) groups is 3. The van der Waals surface area contributed by atoms with E-state index >= 15 is 0 Å². The number of aromatic nitrogens is 1. The Bertz CT molecular complexity index is 1180. The topological polar surface area (TPSA) is 110 Å². The molecule has 3 atom stereocenters. The Morgan fingerprint density at radius 2 is 2.03 bits per heavy atom. The van der Waals surface area contributed by atoms with Crippen LogP contribution in [0.25, 0.3) is 10.9 Å².